The molecule has 1 heterocycles. The van der Waals surface area contributed by atoms with E-state index in [0.29, 0.717) is 5.56 Å². The van der Waals surface area contributed by atoms with E-state index in [-0.39, 0.29) is 18.1 Å². The van der Waals surface area contributed by atoms with Crippen LogP contribution in [0.25, 0.3) is 0 Å². The van der Waals surface area contributed by atoms with Gasteiger partial charge in [-0.15, -0.1) is 0 Å². The smallest absolute Gasteiger partial charge is 0.259 e. The topological polar surface area (TPSA) is 83.8 Å². The van der Waals surface area contributed by atoms with Crippen molar-refractivity contribution < 1.29 is 9.18 Å². The number of hydrogen-bond acceptors (Lipinski definition) is 3. The monoisotopic (exact) mass is 258 g/mol. The number of amides is 1. The van der Waals surface area contributed by atoms with Crippen LogP contribution >= 0.6 is 0 Å². The molecular formula is C13H11FN4O. The standard InChI is InChI=1S/C13H11FN4O/c14-10-4-3-9(2-1-5-15)11(8-10)12(19)18-13-16-6-7-17-13/h3-4,6-8H,5,15H2,(H2,16,17,18,19). The van der Waals surface area contributed by atoms with E-state index in [1.165, 1.54) is 18.3 Å². The highest BCUT2D eigenvalue weighted by Crippen LogP contribution is 2.12. The fourth-order valence-electron chi connectivity index (χ4n) is 1.47. The van der Waals surface area contributed by atoms with Crippen molar-refractivity contribution in [2.45, 2.75) is 0 Å². The quantitative estimate of drug-likeness (QED) is 0.705. The molecule has 0 aliphatic carbocycles. The van der Waals surface area contributed by atoms with Crippen molar-refractivity contribution in [2.24, 2.45) is 5.73 Å². The lowest BCUT2D eigenvalue weighted by Gasteiger charge is -2.04. The maximum atomic E-state index is 13.2. The molecule has 0 saturated carbocycles. The van der Waals surface area contributed by atoms with Crippen LogP contribution in [0.3, 0.4) is 0 Å². The maximum Gasteiger partial charge on any atom is 0.259 e. The van der Waals surface area contributed by atoms with E-state index >= 15 is 0 Å². The number of carbonyl (C=O) groups is 1. The van der Waals surface area contributed by atoms with Crippen molar-refractivity contribution in [3.63, 3.8) is 0 Å². The second-order valence-electron chi connectivity index (χ2n) is 3.59. The zero-order valence-corrected chi connectivity index (χ0v) is 9.90. The lowest BCUT2D eigenvalue weighted by atomic mass is 10.1. The maximum absolute atomic E-state index is 13.2. The highest BCUT2D eigenvalue weighted by Gasteiger charge is 2.12. The Labute approximate surface area is 109 Å². The van der Waals surface area contributed by atoms with Gasteiger partial charge in [-0.3, -0.25) is 10.1 Å². The van der Waals surface area contributed by atoms with Crippen molar-refractivity contribution in [1.29, 1.82) is 0 Å². The Morgan fingerprint density at radius 3 is 3.05 bits per heavy atom. The first-order valence-electron chi connectivity index (χ1n) is 5.50. The zero-order chi connectivity index (χ0) is 13.7. The molecule has 0 fully saturated rings. The minimum atomic E-state index is -0.511. The molecule has 0 spiro atoms. The van der Waals surface area contributed by atoms with E-state index in [2.05, 4.69) is 27.1 Å². The first kappa shape index (κ1) is 12.8. The number of H-pyrrole nitrogens is 1. The number of imidazole rings is 1. The predicted molar refractivity (Wildman–Crippen MR) is 68.9 cm³/mol. The van der Waals surface area contributed by atoms with Crippen LogP contribution in [0, 0.1) is 17.7 Å². The van der Waals surface area contributed by atoms with Gasteiger partial charge in [-0.05, 0) is 18.2 Å². The molecule has 5 nitrogen and oxygen atoms in total. The third kappa shape index (κ3) is 3.18. The molecule has 0 bridgehead atoms. The SMILES string of the molecule is NCC#Cc1ccc(F)cc1C(=O)Nc1ncc[nH]1. The lowest BCUT2D eigenvalue weighted by Crippen LogP contribution is -2.15. The van der Waals surface area contributed by atoms with Crippen molar-refractivity contribution in [3.05, 3.63) is 47.5 Å². The molecule has 96 valence electrons. The molecule has 0 atom stereocenters. The van der Waals surface area contributed by atoms with Gasteiger partial charge in [-0.1, -0.05) is 11.8 Å². The van der Waals surface area contributed by atoms with Gasteiger partial charge in [-0.25, -0.2) is 9.37 Å². The second kappa shape index (κ2) is 5.80. The molecule has 0 saturated heterocycles. The minimum Gasteiger partial charge on any atom is -0.331 e. The van der Waals surface area contributed by atoms with E-state index in [4.69, 9.17) is 5.73 Å². The van der Waals surface area contributed by atoms with Gasteiger partial charge in [0.05, 0.1) is 12.1 Å². The summed E-state index contributed by atoms with van der Waals surface area (Å²) in [6, 6.07) is 3.80. The molecule has 4 N–H and O–H groups in total. The van der Waals surface area contributed by atoms with Crippen LogP contribution in [0.4, 0.5) is 10.3 Å². The van der Waals surface area contributed by atoms with Crippen LogP contribution in [0.1, 0.15) is 15.9 Å². The van der Waals surface area contributed by atoms with Gasteiger partial charge in [0.2, 0.25) is 5.95 Å². The van der Waals surface area contributed by atoms with E-state index < -0.39 is 11.7 Å². The predicted octanol–water partition coefficient (Wildman–Crippen LogP) is 1.11. The number of benzene rings is 1. The fraction of sp³-hybridized carbons (Fsp3) is 0.0769. The number of nitrogens with one attached hydrogen (secondary N) is 2. The van der Waals surface area contributed by atoms with Crippen LogP contribution in [-0.4, -0.2) is 22.4 Å². The summed E-state index contributed by atoms with van der Waals surface area (Å²) in [6.07, 6.45) is 3.06. The highest BCUT2D eigenvalue weighted by molar-refractivity contribution is 6.05. The number of aromatic amines is 1. The summed E-state index contributed by atoms with van der Waals surface area (Å²) in [7, 11) is 0. The summed E-state index contributed by atoms with van der Waals surface area (Å²) in [5.41, 5.74) is 5.83. The summed E-state index contributed by atoms with van der Waals surface area (Å²) in [5.74, 6) is 4.64. The Morgan fingerprint density at radius 1 is 1.53 bits per heavy atom. The third-order valence-corrected chi connectivity index (χ3v) is 2.28. The van der Waals surface area contributed by atoms with Gasteiger partial charge in [0.25, 0.3) is 5.91 Å². The first-order valence-corrected chi connectivity index (χ1v) is 5.50. The normalized spacial score (nSPS) is 9.58. The van der Waals surface area contributed by atoms with Gasteiger partial charge in [-0.2, -0.15) is 0 Å². The molecule has 2 rings (SSSR count). The molecular weight excluding hydrogens is 247 g/mol. The van der Waals surface area contributed by atoms with Gasteiger partial charge < -0.3 is 10.7 Å². The summed E-state index contributed by atoms with van der Waals surface area (Å²) >= 11 is 0. The van der Waals surface area contributed by atoms with E-state index in [1.54, 1.807) is 6.20 Å². The van der Waals surface area contributed by atoms with E-state index in [0.717, 1.165) is 6.07 Å². The minimum absolute atomic E-state index is 0.136. The second-order valence-corrected chi connectivity index (χ2v) is 3.59. The highest BCUT2D eigenvalue weighted by atomic mass is 19.1. The van der Waals surface area contributed by atoms with Crippen LogP contribution < -0.4 is 11.1 Å². The molecule has 19 heavy (non-hydrogen) atoms. The van der Waals surface area contributed by atoms with Crippen LogP contribution in [0.2, 0.25) is 0 Å². The molecule has 0 aliphatic heterocycles. The Hall–Kier alpha value is -2.65. The number of nitrogens with two attached hydrogens (primary N) is 1. The fourth-order valence-corrected chi connectivity index (χ4v) is 1.47. The number of halogens is 1. The molecule has 1 amide bonds. The molecule has 2 aromatic rings. The Kier molecular flexibility index (Phi) is 3.90. The van der Waals surface area contributed by atoms with E-state index in [1.807, 2.05) is 0 Å². The van der Waals surface area contributed by atoms with Gasteiger partial charge in [0, 0.05) is 18.0 Å². The number of nitrogens with zero attached hydrogens (tertiary/aromatic N) is 1. The zero-order valence-electron chi connectivity index (χ0n) is 9.90. The largest absolute Gasteiger partial charge is 0.331 e. The van der Waals surface area contributed by atoms with Crippen LogP contribution in [0.15, 0.2) is 30.6 Å². The van der Waals surface area contributed by atoms with Crippen molar-refractivity contribution in [2.75, 3.05) is 11.9 Å². The lowest BCUT2D eigenvalue weighted by molar-refractivity contribution is 0.102. The van der Waals surface area contributed by atoms with Crippen LogP contribution in [-0.2, 0) is 0 Å². The van der Waals surface area contributed by atoms with Gasteiger partial charge in [0.1, 0.15) is 5.82 Å². The number of aromatic nitrogens is 2. The molecule has 1 aromatic heterocycles. The molecule has 1 aromatic carbocycles. The molecule has 0 radical (unpaired) electrons. The number of rotatable bonds is 2. The molecule has 0 aliphatic rings. The number of carbonyl (C=O) groups excluding carboxylic acids is 1. The van der Waals surface area contributed by atoms with Gasteiger partial charge in [0.15, 0.2) is 0 Å². The molecule has 6 heteroatoms. The number of anilines is 1. The van der Waals surface area contributed by atoms with Crippen molar-refractivity contribution >= 4 is 11.9 Å². The number of hydrogen-bond donors (Lipinski definition) is 3. The Bertz CT molecular complexity index is 640. The average molecular weight is 258 g/mol. The van der Waals surface area contributed by atoms with Crippen molar-refractivity contribution in [3.8, 4) is 11.8 Å². The van der Waals surface area contributed by atoms with Gasteiger partial charge >= 0.3 is 0 Å². The summed E-state index contributed by atoms with van der Waals surface area (Å²) < 4.78 is 13.2. The Morgan fingerprint density at radius 2 is 2.37 bits per heavy atom. The van der Waals surface area contributed by atoms with E-state index in [9.17, 15) is 9.18 Å². The van der Waals surface area contributed by atoms with Crippen LogP contribution in [0.5, 0.6) is 0 Å². The Balaban J connectivity index is 2.31. The summed E-state index contributed by atoms with van der Waals surface area (Å²) in [4.78, 5) is 18.6. The average Bonchev–Trinajstić information content (AvgIpc) is 2.90. The van der Waals surface area contributed by atoms with Crippen molar-refractivity contribution in [1.82, 2.24) is 9.97 Å². The summed E-state index contributed by atoms with van der Waals surface area (Å²) in [6.45, 7) is 0.163. The third-order valence-electron chi connectivity index (χ3n) is 2.28. The summed E-state index contributed by atoms with van der Waals surface area (Å²) in [5, 5.41) is 2.51. The first-order chi connectivity index (χ1) is 9.20. The molecule has 0 unspecified atom stereocenters.